The van der Waals surface area contributed by atoms with Crippen molar-refractivity contribution in [2.24, 2.45) is 5.92 Å². The lowest BCUT2D eigenvalue weighted by atomic mass is 9.80. The quantitative estimate of drug-likeness (QED) is 0.314. The normalized spacial score (nSPS) is 26.0. The van der Waals surface area contributed by atoms with Crippen molar-refractivity contribution in [3.05, 3.63) is 41.6 Å². The number of carbonyl (C=O) groups is 3. The largest absolute Gasteiger partial charge is 0.481 e. The summed E-state index contributed by atoms with van der Waals surface area (Å²) in [5, 5.41) is 46.4. The molecule has 36 heavy (non-hydrogen) atoms. The number of hydrogen-bond acceptors (Lipinski definition) is 7. The van der Waals surface area contributed by atoms with Crippen LogP contribution in [0.25, 0.3) is 16.5 Å². The van der Waals surface area contributed by atoms with Gasteiger partial charge in [0.05, 0.1) is 5.92 Å². The minimum absolute atomic E-state index is 0.291. The molecule has 0 saturated carbocycles. The van der Waals surface area contributed by atoms with E-state index < -0.39 is 36.0 Å². The number of rotatable bonds is 4. The Morgan fingerprint density at radius 1 is 1.03 bits per heavy atom. The Morgan fingerprint density at radius 3 is 2.08 bits per heavy atom. The Morgan fingerprint density at radius 2 is 1.61 bits per heavy atom. The molecule has 3 aliphatic rings. The molecule has 1 aromatic heterocycles. The molecule has 0 spiro atoms. The number of fused-ring (bicyclic) bond motifs is 2. The van der Waals surface area contributed by atoms with Crippen molar-refractivity contribution in [2.45, 2.75) is 57.0 Å². The van der Waals surface area contributed by atoms with E-state index in [0.717, 1.165) is 24.0 Å². The molecule has 1 aromatic carbocycles. The highest BCUT2D eigenvalue weighted by molar-refractivity contribution is 5.99. The third-order valence-electron chi connectivity index (χ3n) is 6.67. The first kappa shape index (κ1) is 27.3. The summed E-state index contributed by atoms with van der Waals surface area (Å²) in [7, 11) is 2.02. The molecule has 196 valence electrons. The van der Waals surface area contributed by atoms with Crippen LogP contribution in [-0.4, -0.2) is 97.3 Å². The van der Waals surface area contributed by atoms with E-state index in [1.54, 1.807) is 0 Å². The molecule has 3 heterocycles. The summed E-state index contributed by atoms with van der Waals surface area (Å²) in [5.74, 6) is -4.69. The van der Waals surface area contributed by atoms with E-state index in [1.807, 2.05) is 19.2 Å². The lowest BCUT2D eigenvalue weighted by molar-refractivity contribution is -0.165. The first-order valence-electron chi connectivity index (χ1n) is 11.7. The molecule has 1 fully saturated rings. The predicted octanol–water partition coefficient (Wildman–Crippen LogP) is 0.756. The number of aliphatic hydroxyl groups is 2. The zero-order chi connectivity index (χ0) is 26.7. The molecule has 0 bridgehead atoms. The Labute approximate surface area is 208 Å². The van der Waals surface area contributed by atoms with E-state index in [-0.39, 0.29) is 0 Å². The summed E-state index contributed by atoms with van der Waals surface area (Å²) in [6.07, 6.45) is 1.82. The molecule has 1 saturated heterocycles. The second kappa shape index (κ2) is 11.2. The number of aromatic nitrogens is 1. The lowest BCUT2D eigenvalue weighted by Gasteiger charge is -2.38. The topological polar surface area (TPSA) is 183 Å². The van der Waals surface area contributed by atoms with Gasteiger partial charge in [0.15, 0.2) is 12.2 Å². The lowest BCUT2D eigenvalue weighted by Crippen LogP contribution is -2.48. The maximum Gasteiger partial charge on any atom is 0.335 e. The van der Waals surface area contributed by atoms with Crippen LogP contribution in [-0.2, 0) is 20.8 Å². The van der Waals surface area contributed by atoms with Crippen LogP contribution in [0.5, 0.6) is 0 Å². The summed E-state index contributed by atoms with van der Waals surface area (Å²) in [6.45, 7) is 5.00. The molecule has 0 radical (unpaired) electrons. The molecule has 11 nitrogen and oxygen atoms in total. The van der Waals surface area contributed by atoms with Gasteiger partial charge in [-0.1, -0.05) is 18.2 Å². The monoisotopic (exact) mass is 503 g/mol. The highest BCUT2D eigenvalue weighted by Gasteiger charge is 2.35. The molecule has 6 atom stereocenters. The van der Waals surface area contributed by atoms with E-state index >= 15 is 0 Å². The molecule has 7 N–H and O–H groups in total. The van der Waals surface area contributed by atoms with E-state index in [0.29, 0.717) is 12.6 Å². The number of hydrogen-bond donors (Lipinski definition) is 7. The fourth-order valence-electron chi connectivity index (χ4n) is 4.87. The standard InChI is InChI=1S/C16H16N2O2.C5H11N.C4H6O6/c1-18-8-10(16(19)20)5-12-11-3-2-4-13-15(11)9(7-17-13)6-14(12)18;1-4-3-5(2)6-4;5-1(3(7)8)2(6)4(9)10/h2-5,7,10,14,17H,6,8H2,1H3,(H,19,20);4-6H,3H2,1-2H3;1-2,5-6H,(H,7,8)(H,9,10). The van der Waals surface area contributed by atoms with Crippen molar-refractivity contribution in [3.8, 4) is 0 Å². The maximum atomic E-state index is 11.3. The third kappa shape index (κ3) is 5.93. The molecule has 2 aliphatic heterocycles. The van der Waals surface area contributed by atoms with Gasteiger partial charge in [-0.05, 0) is 56.5 Å². The fourth-order valence-corrected chi connectivity index (χ4v) is 4.87. The second-order valence-corrected chi connectivity index (χ2v) is 9.54. The summed E-state index contributed by atoms with van der Waals surface area (Å²) < 4.78 is 0. The number of nitrogens with one attached hydrogen (secondary N) is 2. The molecule has 1 aliphatic carbocycles. The van der Waals surface area contributed by atoms with Gasteiger partial charge in [-0.3, -0.25) is 9.69 Å². The summed E-state index contributed by atoms with van der Waals surface area (Å²) in [6, 6.07) is 8.09. The van der Waals surface area contributed by atoms with Gasteiger partial charge in [0.1, 0.15) is 0 Å². The number of aliphatic carboxylic acids is 3. The molecular formula is C25H33N3O8. The molecule has 2 aromatic rings. The predicted molar refractivity (Wildman–Crippen MR) is 131 cm³/mol. The van der Waals surface area contributed by atoms with Gasteiger partial charge < -0.3 is 35.8 Å². The number of aliphatic hydroxyl groups excluding tert-OH is 2. The number of H-pyrrole nitrogens is 1. The van der Waals surface area contributed by atoms with E-state index in [1.165, 1.54) is 28.5 Å². The SMILES string of the molecule is CC1CC(C)N1.CN1CC(C(=O)O)C=C2c3cccc4[nH]cc(c34)CC21.O=C(O)C(O)C(O)C(=O)O. The van der Waals surface area contributed by atoms with Crippen LogP contribution in [0.15, 0.2) is 30.5 Å². The summed E-state index contributed by atoms with van der Waals surface area (Å²) in [5.41, 5.74) is 4.83. The van der Waals surface area contributed by atoms with Gasteiger partial charge in [-0.15, -0.1) is 0 Å². The van der Waals surface area contributed by atoms with E-state index in [2.05, 4.69) is 47.4 Å². The molecule has 5 rings (SSSR count). The smallest absolute Gasteiger partial charge is 0.335 e. The Kier molecular flexibility index (Phi) is 8.51. The van der Waals surface area contributed by atoms with Crippen LogP contribution < -0.4 is 5.32 Å². The van der Waals surface area contributed by atoms with Gasteiger partial charge in [-0.25, -0.2) is 9.59 Å². The number of carboxylic acid groups (broad SMARTS) is 3. The number of benzene rings is 1. The Balaban J connectivity index is 0.000000188. The number of carboxylic acids is 3. The van der Waals surface area contributed by atoms with Gasteiger partial charge in [0.2, 0.25) is 0 Å². The molecule has 11 heteroatoms. The van der Waals surface area contributed by atoms with E-state index in [4.69, 9.17) is 20.4 Å². The van der Waals surface area contributed by atoms with Crippen molar-refractivity contribution in [2.75, 3.05) is 13.6 Å². The van der Waals surface area contributed by atoms with Crippen molar-refractivity contribution in [3.63, 3.8) is 0 Å². The Hall–Kier alpha value is -3.25. The van der Waals surface area contributed by atoms with Crippen LogP contribution in [0, 0.1) is 5.92 Å². The third-order valence-corrected chi connectivity index (χ3v) is 6.67. The van der Waals surface area contributed by atoms with Crippen LogP contribution in [0.1, 0.15) is 31.4 Å². The first-order valence-corrected chi connectivity index (χ1v) is 11.7. The van der Waals surface area contributed by atoms with Gasteiger partial charge in [0, 0.05) is 41.8 Å². The average Bonchev–Trinajstić information content (AvgIpc) is 3.22. The van der Waals surface area contributed by atoms with Gasteiger partial charge >= 0.3 is 17.9 Å². The minimum Gasteiger partial charge on any atom is -0.481 e. The van der Waals surface area contributed by atoms with Crippen LogP contribution in [0.2, 0.25) is 0 Å². The summed E-state index contributed by atoms with van der Waals surface area (Å²) >= 11 is 0. The zero-order valence-electron chi connectivity index (χ0n) is 20.4. The molecule has 6 unspecified atom stereocenters. The van der Waals surface area contributed by atoms with Crippen molar-refractivity contribution < 1.29 is 39.9 Å². The van der Waals surface area contributed by atoms with Gasteiger partial charge in [0.25, 0.3) is 0 Å². The second-order valence-electron chi connectivity index (χ2n) is 9.54. The zero-order valence-corrected chi connectivity index (χ0v) is 20.4. The average molecular weight is 504 g/mol. The Bertz CT molecular complexity index is 1130. The van der Waals surface area contributed by atoms with Crippen molar-refractivity contribution >= 4 is 34.4 Å². The fraction of sp³-hybridized carbons (Fsp3) is 0.480. The highest BCUT2D eigenvalue weighted by atomic mass is 16.4. The minimum atomic E-state index is -2.27. The molecular weight excluding hydrogens is 470 g/mol. The van der Waals surface area contributed by atoms with Crippen molar-refractivity contribution in [1.82, 2.24) is 15.2 Å². The van der Waals surface area contributed by atoms with Gasteiger partial charge in [-0.2, -0.15) is 0 Å². The van der Waals surface area contributed by atoms with Crippen LogP contribution in [0.3, 0.4) is 0 Å². The molecule has 0 amide bonds. The highest BCUT2D eigenvalue weighted by Crippen LogP contribution is 2.40. The number of nitrogens with zero attached hydrogens (tertiary/aromatic N) is 1. The summed E-state index contributed by atoms with van der Waals surface area (Å²) in [4.78, 5) is 36.4. The van der Waals surface area contributed by atoms with Crippen LogP contribution >= 0.6 is 0 Å². The van der Waals surface area contributed by atoms with E-state index in [9.17, 15) is 19.5 Å². The number of aromatic amines is 1. The first-order chi connectivity index (χ1) is 16.9. The van der Waals surface area contributed by atoms with Crippen LogP contribution in [0.4, 0.5) is 0 Å². The van der Waals surface area contributed by atoms with Crippen molar-refractivity contribution in [1.29, 1.82) is 0 Å². The maximum absolute atomic E-state index is 11.3. The number of likely N-dealkylation sites (N-methyl/N-ethyl adjacent to an activating group) is 1.